The summed E-state index contributed by atoms with van der Waals surface area (Å²) in [7, 11) is 0. The van der Waals surface area contributed by atoms with Gasteiger partial charge in [0, 0.05) is 73.1 Å². The van der Waals surface area contributed by atoms with Crippen molar-refractivity contribution in [3.05, 3.63) is 247 Å². The van der Waals surface area contributed by atoms with Crippen LogP contribution in [0.4, 0.5) is 0 Å². The summed E-state index contributed by atoms with van der Waals surface area (Å²) < 4.78 is 0. The summed E-state index contributed by atoms with van der Waals surface area (Å²) in [5.41, 5.74) is 15.4. The Balaban J connectivity index is 1.33. The van der Waals surface area contributed by atoms with Crippen LogP contribution in [-0.4, -0.2) is 54.0 Å². The number of rotatable bonds is 33. The lowest BCUT2D eigenvalue weighted by molar-refractivity contribution is 0.380. The van der Waals surface area contributed by atoms with E-state index in [1.165, 1.54) is 17.1 Å². The molecular formula is C81H90N6. The topological polar surface area (TPSA) is 81.1 Å². The van der Waals surface area contributed by atoms with Crippen molar-refractivity contribution in [2.75, 3.05) is 39.3 Å². The highest BCUT2D eigenvalue weighted by atomic mass is 15.1. The van der Waals surface area contributed by atoms with Gasteiger partial charge in [-0.1, -0.05) is 280 Å². The molecule has 0 spiro atoms. The lowest BCUT2D eigenvalue weighted by Crippen LogP contribution is -2.24. The molecule has 0 unspecified atom stereocenters. The molecule has 0 aliphatic carbocycles. The summed E-state index contributed by atoms with van der Waals surface area (Å²) in [6.07, 6.45) is 31.8. The van der Waals surface area contributed by atoms with Gasteiger partial charge in [0.25, 0.3) is 0 Å². The van der Waals surface area contributed by atoms with Crippen molar-refractivity contribution in [3.8, 4) is 18.2 Å². The quantitative estimate of drug-likeness (QED) is 0.0381. The van der Waals surface area contributed by atoms with Crippen molar-refractivity contribution in [2.45, 2.75) is 119 Å². The molecule has 0 aliphatic rings. The number of unbranched alkanes of at least 4 members (excludes halogenated alkanes) is 6. The Kier molecular flexibility index (Phi) is 27.0. The summed E-state index contributed by atoms with van der Waals surface area (Å²) in [5, 5.41) is 33.7. The maximum atomic E-state index is 11.2. The molecule has 0 atom stereocenters. The molecule has 0 aliphatic heterocycles. The first-order chi connectivity index (χ1) is 42.8. The molecule has 87 heavy (non-hydrogen) atoms. The fraction of sp³-hybridized carbons (Fsp3) is 0.296. The van der Waals surface area contributed by atoms with Gasteiger partial charge in [-0.05, 0) is 107 Å². The predicted molar refractivity (Wildman–Crippen MR) is 374 cm³/mol. The molecule has 444 valence electrons. The number of hydrogen-bond donors (Lipinski definition) is 0. The fourth-order valence-electron chi connectivity index (χ4n) is 10.9. The third-order valence-electron chi connectivity index (χ3n) is 15.9. The zero-order chi connectivity index (χ0) is 61.4. The van der Waals surface area contributed by atoms with Crippen LogP contribution < -0.4 is 0 Å². The van der Waals surface area contributed by atoms with Crippen LogP contribution in [0.15, 0.2) is 164 Å². The largest absolute Gasteiger partial charge is 0.371 e. The zero-order valence-corrected chi connectivity index (χ0v) is 52.7. The second-order valence-corrected chi connectivity index (χ2v) is 22.5. The van der Waals surface area contributed by atoms with Gasteiger partial charge >= 0.3 is 0 Å². The Hall–Kier alpha value is -9.15. The number of hydrogen-bond acceptors (Lipinski definition) is 6. The minimum absolute atomic E-state index is 0.268. The molecule has 0 saturated heterocycles. The van der Waals surface area contributed by atoms with Gasteiger partial charge in [0.15, 0.2) is 0 Å². The van der Waals surface area contributed by atoms with E-state index in [0.29, 0.717) is 16.7 Å². The number of nitriles is 3. The Labute approximate surface area is 522 Å². The monoisotopic (exact) mass is 1150 g/mol. The average Bonchev–Trinajstić information content (AvgIpc) is 1.45. The molecule has 0 bridgehead atoms. The van der Waals surface area contributed by atoms with Crippen LogP contribution in [0.25, 0.3) is 71.8 Å². The number of nitrogens with zero attached hydrogens (tertiary/aromatic N) is 6. The van der Waals surface area contributed by atoms with Crippen molar-refractivity contribution < 1.29 is 0 Å². The summed E-state index contributed by atoms with van der Waals surface area (Å²) >= 11 is 0. The average molecular weight is 1150 g/mol. The highest BCUT2D eigenvalue weighted by Crippen LogP contribution is 2.34. The predicted octanol–water partition coefficient (Wildman–Crippen LogP) is 21.0. The summed E-state index contributed by atoms with van der Waals surface area (Å²) in [6, 6.07) is 64.7. The van der Waals surface area contributed by atoms with Gasteiger partial charge in [-0.25, -0.2) is 0 Å². The molecule has 7 aromatic carbocycles. The molecule has 6 heteroatoms. The molecule has 0 amide bonds. The molecule has 0 radical (unpaired) electrons. The van der Waals surface area contributed by atoms with Crippen molar-refractivity contribution in [1.29, 1.82) is 15.8 Å². The molecule has 7 aromatic rings. The van der Waals surface area contributed by atoms with Crippen LogP contribution in [0.3, 0.4) is 0 Å². The van der Waals surface area contributed by atoms with E-state index in [1.807, 2.05) is 36.5 Å². The van der Waals surface area contributed by atoms with Gasteiger partial charge in [0.1, 0.15) is 18.2 Å². The molecule has 0 saturated carbocycles. The normalized spacial score (nSPS) is 12.0. The van der Waals surface area contributed by atoms with E-state index >= 15 is 0 Å². The zero-order valence-electron chi connectivity index (χ0n) is 52.7. The Bertz CT molecular complexity index is 3120. The Morgan fingerprint density at radius 1 is 0.287 bits per heavy atom. The van der Waals surface area contributed by atoms with Gasteiger partial charge in [-0.2, -0.15) is 15.8 Å². The smallest absolute Gasteiger partial charge is 0.100 e. The Morgan fingerprint density at radius 2 is 0.506 bits per heavy atom. The maximum absolute atomic E-state index is 11.2. The molecule has 0 heterocycles. The molecule has 0 aromatic heterocycles. The first-order valence-electron chi connectivity index (χ1n) is 32.1. The minimum atomic E-state index is 0.268. The molecule has 0 N–H and O–H groups in total. The minimum Gasteiger partial charge on any atom is -0.371 e. The van der Waals surface area contributed by atoms with Crippen LogP contribution in [0.2, 0.25) is 0 Å². The molecular weight excluding hydrogens is 1060 g/mol. The van der Waals surface area contributed by atoms with Gasteiger partial charge in [0.2, 0.25) is 0 Å². The van der Waals surface area contributed by atoms with E-state index in [4.69, 9.17) is 0 Å². The fourth-order valence-corrected chi connectivity index (χ4v) is 10.9. The first kappa shape index (κ1) is 65.4. The van der Waals surface area contributed by atoms with E-state index in [9.17, 15) is 15.8 Å². The lowest BCUT2D eigenvalue weighted by Gasteiger charge is -2.28. The van der Waals surface area contributed by atoms with Crippen LogP contribution in [0.1, 0.15) is 202 Å². The van der Waals surface area contributed by atoms with Crippen molar-refractivity contribution in [3.63, 3.8) is 0 Å². The van der Waals surface area contributed by atoms with E-state index in [-0.39, 0.29) is 16.7 Å². The Morgan fingerprint density at radius 3 is 0.701 bits per heavy atom. The van der Waals surface area contributed by atoms with Crippen molar-refractivity contribution in [1.82, 2.24) is 14.7 Å². The lowest BCUT2D eigenvalue weighted by atomic mass is 9.86. The van der Waals surface area contributed by atoms with Gasteiger partial charge < -0.3 is 14.7 Å². The molecule has 0 fully saturated rings. The molecule has 6 nitrogen and oxygen atoms in total. The van der Waals surface area contributed by atoms with E-state index in [0.717, 1.165) is 166 Å². The third-order valence-corrected chi connectivity index (χ3v) is 15.9. The van der Waals surface area contributed by atoms with Crippen LogP contribution in [0, 0.1) is 34.0 Å². The van der Waals surface area contributed by atoms with Crippen LogP contribution in [0.5, 0.6) is 0 Å². The van der Waals surface area contributed by atoms with Crippen molar-refractivity contribution >= 4 is 71.8 Å². The third kappa shape index (κ3) is 19.2. The summed E-state index contributed by atoms with van der Waals surface area (Å²) in [6.45, 7) is 19.3. The van der Waals surface area contributed by atoms with Gasteiger partial charge in [-0.15, -0.1) is 0 Å². The van der Waals surface area contributed by atoms with Crippen LogP contribution >= 0.6 is 0 Å². The van der Waals surface area contributed by atoms with E-state index in [1.54, 1.807) is 0 Å². The SMILES string of the molecule is CCCCN(CCCC)C(=Cc1ccccc1)c1ccc(C=Cc2c(C#N)c(C=Cc3ccc(C(=Cc4ccccc4)N(CCCC)CCCC)cc3)c(C#N)c(C=Cc3ccc(C(=Cc4ccccc4)N(CCCC)CCCC)cc3)c2C#N)cc1. The number of benzene rings is 7. The maximum Gasteiger partial charge on any atom is 0.100 e. The first-order valence-corrected chi connectivity index (χ1v) is 32.1. The highest BCUT2D eigenvalue weighted by Gasteiger charge is 2.22. The van der Waals surface area contributed by atoms with Crippen LogP contribution in [-0.2, 0) is 0 Å². The van der Waals surface area contributed by atoms with Gasteiger partial charge in [0.05, 0.1) is 16.7 Å². The van der Waals surface area contributed by atoms with Gasteiger partial charge in [-0.3, -0.25) is 0 Å². The summed E-state index contributed by atoms with van der Waals surface area (Å²) in [4.78, 5) is 7.59. The summed E-state index contributed by atoms with van der Waals surface area (Å²) in [5.74, 6) is 0. The van der Waals surface area contributed by atoms with E-state index < -0.39 is 0 Å². The van der Waals surface area contributed by atoms with E-state index in [2.05, 4.69) is 256 Å². The second-order valence-electron chi connectivity index (χ2n) is 22.5. The highest BCUT2D eigenvalue weighted by molar-refractivity contribution is 5.91. The van der Waals surface area contributed by atoms with Crippen molar-refractivity contribution in [2.24, 2.45) is 0 Å². The standard InChI is InChI=1S/C81H90N6/c1-7-13-52-85(53-14-8-2)79(58-67-28-22-19-23-29-67)70-43-34-64(35-44-70)40-49-73-76(61-82)74(50-41-65-36-45-71(46-37-65)80(59-68-30-24-20-25-31-68)86(54-15-9-3)55-16-10-4)78(63-84)75(77(73)62-83)51-42-66-38-47-72(48-39-66)81(60-69-32-26-21-27-33-69)87(56-17-11-5)57-18-12-6/h19-51,58-60H,7-18,52-57H2,1-6H3. The second kappa shape index (κ2) is 36.0. The molecule has 7 rings (SSSR count).